The van der Waals surface area contributed by atoms with Crippen molar-refractivity contribution in [2.24, 2.45) is 0 Å². The largest absolute Gasteiger partial charge is 0.418 e. The zero-order valence-electron chi connectivity index (χ0n) is 13.7. The summed E-state index contributed by atoms with van der Waals surface area (Å²) < 4.78 is 79.2. The lowest BCUT2D eigenvalue weighted by Crippen LogP contribution is -2.13. The number of alkyl halides is 6. The van der Waals surface area contributed by atoms with Gasteiger partial charge in [-0.05, 0) is 22.0 Å². The van der Waals surface area contributed by atoms with Crippen LogP contribution in [0.4, 0.5) is 49.1 Å². The molecule has 0 aliphatic rings. The molecule has 0 unspecified atom stereocenters. The molecule has 0 saturated heterocycles. The van der Waals surface area contributed by atoms with Gasteiger partial charge in [0, 0.05) is 6.07 Å². The number of halogens is 9. The molecule has 0 bridgehead atoms. The van der Waals surface area contributed by atoms with Crippen LogP contribution >= 0.6 is 39.1 Å². The quantitative estimate of drug-likeness (QED) is 0.188. The Hall–Kier alpha value is -2.32. The summed E-state index contributed by atoms with van der Waals surface area (Å²) in [6, 6.07) is 0.473. The second-order valence-electron chi connectivity index (χ2n) is 5.44. The van der Waals surface area contributed by atoms with Gasteiger partial charge in [-0.2, -0.15) is 26.3 Å². The van der Waals surface area contributed by atoms with Gasteiger partial charge in [-0.15, -0.1) is 0 Å². The van der Waals surface area contributed by atoms with E-state index in [0.29, 0.717) is 0 Å². The molecule has 0 amide bonds. The molecule has 2 aromatic carbocycles. The zero-order valence-corrected chi connectivity index (χ0v) is 16.8. The average Bonchev–Trinajstić information content (AvgIpc) is 2.59. The molecule has 0 aliphatic carbocycles. The Kier molecular flexibility index (Phi) is 6.45. The Labute approximate surface area is 180 Å². The van der Waals surface area contributed by atoms with Gasteiger partial charge in [0.25, 0.3) is 11.4 Å². The Balaban J connectivity index is 2.85. The SMILES string of the molecule is O=[N+]([O-])c1cc([N+](=O)[O-])c(Nc2cc(C(F)(F)F)c(Cl)c(Br)c2Cl)c(C(F)(F)F)c1. The first-order chi connectivity index (χ1) is 13.6. The molecule has 30 heavy (non-hydrogen) atoms. The van der Waals surface area contributed by atoms with Gasteiger partial charge >= 0.3 is 12.4 Å². The highest BCUT2D eigenvalue weighted by molar-refractivity contribution is 9.10. The van der Waals surface area contributed by atoms with Crippen LogP contribution in [0.15, 0.2) is 22.7 Å². The zero-order chi connectivity index (χ0) is 23.2. The summed E-state index contributed by atoms with van der Waals surface area (Å²) >= 11 is 14.1. The van der Waals surface area contributed by atoms with E-state index in [9.17, 15) is 46.6 Å². The number of anilines is 2. The molecule has 0 saturated carbocycles. The summed E-state index contributed by atoms with van der Waals surface area (Å²) in [5.41, 5.74) is -8.18. The smallest absolute Gasteiger partial charge is 0.348 e. The summed E-state index contributed by atoms with van der Waals surface area (Å²) in [6.45, 7) is 0. The molecule has 16 heteroatoms. The fourth-order valence-electron chi connectivity index (χ4n) is 2.25. The minimum atomic E-state index is -5.35. The van der Waals surface area contributed by atoms with Gasteiger partial charge in [0.1, 0.15) is 5.69 Å². The van der Waals surface area contributed by atoms with Gasteiger partial charge < -0.3 is 5.32 Å². The summed E-state index contributed by atoms with van der Waals surface area (Å²) in [5.74, 6) is 0. The van der Waals surface area contributed by atoms with Crippen molar-refractivity contribution in [3.63, 3.8) is 0 Å². The van der Waals surface area contributed by atoms with Crippen LogP contribution in [0, 0.1) is 20.2 Å². The Bertz CT molecular complexity index is 1060. The lowest BCUT2D eigenvalue weighted by Gasteiger charge is -2.18. The fourth-order valence-corrected chi connectivity index (χ4v) is 3.18. The van der Waals surface area contributed by atoms with Crippen molar-refractivity contribution in [2.45, 2.75) is 12.4 Å². The topological polar surface area (TPSA) is 98.3 Å². The number of benzene rings is 2. The van der Waals surface area contributed by atoms with Crippen LogP contribution < -0.4 is 5.32 Å². The minimum absolute atomic E-state index is 0.00112. The number of rotatable bonds is 4. The van der Waals surface area contributed by atoms with Crippen LogP contribution in [0.5, 0.6) is 0 Å². The second-order valence-corrected chi connectivity index (χ2v) is 6.98. The molecule has 0 atom stereocenters. The first-order valence-corrected chi connectivity index (χ1v) is 8.66. The monoisotopic (exact) mass is 541 g/mol. The summed E-state index contributed by atoms with van der Waals surface area (Å²) in [6.07, 6.45) is -10.4. The third-order valence-corrected chi connectivity index (χ3v) is 5.56. The lowest BCUT2D eigenvalue weighted by molar-refractivity contribution is -0.394. The molecule has 0 aliphatic heterocycles. The number of non-ortho nitro benzene ring substituents is 1. The van der Waals surface area contributed by atoms with Crippen molar-refractivity contribution < 1.29 is 36.2 Å². The molecule has 0 aromatic heterocycles. The molecular weight excluding hydrogens is 539 g/mol. The van der Waals surface area contributed by atoms with Crippen molar-refractivity contribution >= 4 is 61.9 Å². The molecule has 0 heterocycles. The molecule has 7 nitrogen and oxygen atoms in total. The van der Waals surface area contributed by atoms with E-state index in [1.165, 1.54) is 0 Å². The number of nitro benzene ring substituents is 2. The molecule has 2 rings (SSSR count). The highest BCUT2D eigenvalue weighted by atomic mass is 79.9. The number of nitrogens with zero attached hydrogens (tertiary/aromatic N) is 2. The maximum Gasteiger partial charge on any atom is 0.418 e. The van der Waals surface area contributed by atoms with Gasteiger partial charge in [0.2, 0.25) is 0 Å². The first kappa shape index (κ1) is 24.0. The molecule has 0 radical (unpaired) electrons. The number of hydrogen-bond donors (Lipinski definition) is 1. The van der Waals surface area contributed by atoms with Gasteiger partial charge in [-0.25, -0.2) is 0 Å². The molecular formula is C14H4BrCl2F6N3O4. The summed E-state index contributed by atoms with van der Waals surface area (Å²) in [4.78, 5) is 19.4. The van der Waals surface area contributed by atoms with Crippen molar-refractivity contribution in [2.75, 3.05) is 5.32 Å². The Morgan fingerprint density at radius 1 is 0.867 bits per heavy atom. The van der Waals surface area contributed by atoms with Crippen LogP contribution in [0.1, 0.15) is 11.1 Å². The van der Waals surface area contributed by atoms with Gasteiger partial charge in [-0.1, -0.05) is 23.2 Å². The predicted molar refractivity (Wildman–Crippen MR) is 97.2 cm³/mol. The minimum Gasteiger partial charge on any atom is -0.348 e. The average molecular weight is 543 g/mol. The van der Waals surface area contributed by atoms with Gasteiger partial charge in [0.05, 0.1) is 47.2 Å². The van der Waals surface area contributed by atoms with Gasteiger partial charge in [-0.3, -0.25) is 20.2 Å². The van der Waals surface area contributed by atoms with Crippen molar-refractivity contribution in [1.82, 2.24) is 0 Å². The third-order valence-electron chi connectivity index (χ3n) is 3.53. The van der Waals surface area contributed by atoms with E-state index in [0.717, 1.165) is 0 Å². The van der Waals surface area contributed by atoms with Crippen molar-refractivity contribution in [1.29, 1.82) is 0 Å². The highest BCUT2D eigenvalue weighted by Gasteiger charge is 2.41. The lowest BCUT2D eigenvalue weighted by atomic mass is 10.1. The Morgan fingerprint density at radius 2 is 1.40 bits per heavy atom. The van der Waals surface area contributed by atoms with E-state index in [-0.39, 0.29) is 18.2 Å². The molecule has 1 N–H and O–H groups in total. The van der Waals surface area contributed by atoms with Crippen LogP contribution in [-0.4, -0.2) is 9.85 Å². The van der Waals surface area contributed by atoms with Crippen LogP contribution in [0.2, 0.25) is 10.0 Å². The van der Waals surface area contributed by atoms with E-state index in [1.807, 2.05) is 5.32 Å². The van der Waals surface area contributed by atoms with Crippen molar-refractivity contribution in [3.8, 4) is 0 Å². The van der Waals surface area contributed by atoms with E-state index in [2.05, 4.69) is 15.9 Å². The molecule has 162 valence electrons. The highest BCUT2D eigenvalue weighted by Crippen LogP contribution is 2.48. The second kappa shape index (κ2) is 8.07. The number of nitrogens with one attached hydrogen (secondary N) is 1. The van der Waals surface area contributed by atoms with Crippen molar-refractivity contribution in [3.05, 3.63) is 64.1 Å². The van der Waals surface area contributed by atoms with E-state index < -0.39 is 70.6 Å². The maximum absolute atomic E-state index is 13.4. The van der Waals surface area contributed by atoms with E-state index >= 15 is 0 Å². The van der Waals surface area contributed by atoms with Crippen LogP contribution in [0.3, 0.4) is 0 Å². The van der Waals surface area contributed by atoms with E-state index in [1.54, 1.807) is 0 Å². The number of nitro groups is 2. The van der Waals surface area contributed by atoms with E-state index in [4.69, 9.17) is 23.2 Å². The van der Waals surface area contributed by atoms with Crippen LogP contribution in [0.25, 0.3) is 0 Å². The maximum atomic E-state index is 13.4. The fraction of sp³-hybridized carbons (Fsp3) is 0.143. The normalized spacial score (nSPS) is 12.0. The van der Waals surface area contributed by atoms with Gasteiger partial charge in [0.15, 0.2) is 0 Å². The third kappa shape index (κ3) is 4.70. The Morgan fingerprint density at radius 3 is 1.83 bits per heavy atom. The molecule has 0 fully saturated rings. The summed E-state index contributed by atoms with van der Waals surface area (Å²) in [7, 11) is 0. The molecule has 0 spiro atoms. The summed E-state index contributed by atoms with van der Waals surface area (Å²) in [5, 5.41) is 22.4. The van der Waals surface area contributed by atoms with Crippen LogP contribution in [-0.2, 0) is 12.4 Å². The predicted octanol–water partition coefficient (Wildman–Crippen LogP) is 7.35. The standard InChI is InChI=1S/C14H4BrCl2F6N3O4/c15-9-10(16)5(13(18,19)20)3-7(11(9)17)24-12-6(14(21,22)23)1-4(25(27)28)2-8(12)26(29)30/h1-3,24H. The molecule has 2 aromatic rings. The first-order valence-electron chi connectivity index (χ1n) is 7.11. The number of hydrogen-bond acceptors (Lipinski definition) is 5.